The number of rotatable bonds is 4. The Morgan fingerprint density at radius 2 is 2.27 bits per heavy atom. The third-order valence-electron chi connectivity index (χ3n) is 1.62. The van der Waals surface area contributed by atoms with Crippen molar-refractivity contribution in [1.82, 2.24) is 15.5 Å². The number of nitrogens with one attached hydrogen (secondary N) is 1. The molecule has 1 aromatic heterocycles. The van der Waals surface area contributed by atoms with E-state index in [0.29, 0.717) is 11.7 Å². The Labute approximate surface area is 88.2 Å². The molecule has 6 nitrogen and oxygen atoms in total. The zero-order valence-corrected chi connectivity index (χ0v) is 9.20. The summed E-state index contributed by atoms with van der Waals surface area (Å²) in [5.41, 5.74) is 5.19. The lowest BCUT2D eigenvalue weighted by Crippen LogP contribution is -2.38. The number of hydrogen-bond acceptors (Lipinski definition) is 5. The molecule has 3 N–H and O–H groups in total. The molecule has 0 saturated carbocycles. The lowest BCUT2D eigenvalue weighted by Gasteiger charge is -2.16. The number of nitrogens with two attached hydrogens (primary N) is 1. The van der Waals surface area contributed by atoms with Crippen LogP contribution in [0.4, 0.5) is 0 Å². The van der Waals surface area contributed by atoms with Crippen LogP contribution in [0.15, 0.2) is 4.52 Å². The van der Waals surface area contributed by atoms with E-state index in [4.69, 9.17) is 10.3 Å². The van der Waals surface area contributed by atoms with Crippen molar-refractivity contribution in [2.45, 2.75) is 39.3 Å². The Morgan fingerprint density at radius 1 is 1.60 bits per heavy atom. The van der Waals surface area contributed by atoms with Crippen LogP contribution in [0.2, 0.25) is 0 Å². The number of hydrogen-bond donors (Lipinski definition) is 2. The first-order chi connectivity index (χ1) is 6.87. The van der Waals surface area contributed by atoms with Crippen molar-refractivity contribution in [1.29, 1.82) is 0 Å². The molecule has 0 aliphatic carbocycles. The number of amides is 1. The maximum Gasteiger partial charge on any atom is 0.246 e. The highest BCUT2D eigenvalue weighted by Crippen LogP contribution is 2.03. The summed E-state index contributed by atoms with van der Waals surface area (Å²) in [6, 6.07) is 0. The second-order valence-corrected chi connectivity index (χ2v) is 4.18. The van der Waals surface area contributed by atoms with Gasteiger partial charge >= 0.3 is 0 Å². The number of carbonyl (C=O) groups is 1. The molecule has 0 fully saturated rings. The van der Waals surface area contributed by atoms with Gasteiger partial charge in [-0.25, -0.2) is 0 Å². The van der Waals surface area contributed by atoms with E-state index in [1.165, 1.54) is 0 Å². The molecular weight excluding hydrogens is 196 g/mol. The van der Waals surface area contributed by atoms with Gasteiger partial charge in [0.15, 0.2) is 5.82 Å². The molecule has 0 unspecified atom stereocenters. The first-order valence-corrected chi connectivity index (χ1v) is 4.71. The SMILES string of the molecule is Cc1noc(CNC(=O)CC(C)(C)N)n1. The molecule has 0 aliphatic heterocycles. The Balaban J connectivity index is 2.35. The van der Waals surface area contributed by atoms with Crippen LogP contribution in [0.5, 0.6) is 0 Å². The van der Waals surface area contributed by atoms with Crippen molar-refractivity contribution in [3.63, 3.8) is 0 Å². The topological polar surface area (TPSA) is 94.0 Å². The molecule has 0 atom stereocenters. The van der Waals surface area contributed by atoms with Crippen LogP contribution in [0, 0.1) is 6.92 Å². The van der Waals surface area contributed by atoms with E-state index in [1.807, 2.05) is 0 Å². The molecule has 84 valence electrons. The van der Waals surface area contributed by atoms with Gasteiger partial charge < -0.3 is 15.6 Å². The van der Waals surface area contributed by atoms with Crippen molar-refractivity contribution < 1.29 is 9.32 Å². The van der Waals surface area contributed by atoms with Crippen molar-refractivity contribution in [3.8, 4) is 0 Å². The van der Waals surface area contributed by atoms with Crippen LogP contribution < -0.4 is 11.1 Å². The third kappa shape index (κ3) is 4.55. The van der Waals surface area contributed by atoms with Crippen LogP contribution in [-0.4, -0.2) is 21.6 Å². The molecule has 15 heavy (non-hydrogen) atoms. The van der Waals surface area contributed by atoms with Crippen LogP contribution in [-0.2, 0) is 11.3 Å². The van der Waals surface area contributed by atoms with Gasteiger partial charge in [0.25, 0.3) is 0 Å². The number of aryl methyl sites for hydroxylation is 1. The summed E-state index contributed by atoms with van der Waals surface area (Å²) in [5, 5.41) is 6.26. The predicted molar refractivity (Wildman–Crippen MR) is 53.8 cm³/mol. The second kappa shape index (κ2) is 4.39. The maximum atomic E-state index is 11.4. The summed E-state index contributed by atoms with van der Waals surface area (Å²) in [7, 11) is 0. The smallest absolute Gasteiger partial charge is 0.246 e. The van der Waals surface area contributed by atoms with Crippen LogP contribution in [0.3, 0.4) is 0 Å². The normalized spacial score (nSPS) is 11.5. The summed E-state index contributed by atoms with van der Waals surface area (Å²) >= 11 is 0. The van der Waals surface area contributed by atoms with E-state index in [-0.39, 0.29) is 18.9 Å². The van der Waals surface area contributed by atoms with Gasteiger partial charge in [-0.05, 0) is 20.8 Å². The second-order valence-electron chi connectivity index (χ2n) is 4.18. The van der Waals surface area contributed by atoms with Gasteiger partial charge in [0, 0.05) is 12.0 Å². The van der Waals surface area contributed by atoms with Gasteiger partial charge in [-0.1, -0.05) is 5.16 Å². The molecule has 0 bridgehead atoms. The monoisotopic (exact) mass is 212 g/mol. The predicted octanol–water partition coefficient (Wildman–Crippen LogP) is 0.122. The van der Waals surface area contributed by atoms with E-state index in [9.17, 15) is 4.79 Å². The van der Waals surface area contributed by atoms with Crippen LogP contribution in [0.25, 0.3) is 0 Å². The summed E-state index contributed by atoms with van der Waals surface area (Å²) in [4.78, 5) is 15.3. The fourth-order valence-electron chi connectivity index (χ4n) is 1.06. The van der Waals surface area contributed by atoms with Gasteiger partial charge in [-0.3, -0.25) is 4.79 Å². The minimum atomic E-state index is -0.505. The van der Waals surface area contributed by atoms with Crippen molar-refractivity contribution in [3.05, 3.63) is 11.7 Å². The average molecular weight is 212 g/mol. The van der Waals surface area contributed by atoms with Crippen molar-refractivity contribution in [2.75, 3.05) is 0 Å². The van der Waals surface area contributed by atoms with E-state index in [0.717, 1.165) is 0 Å². The molecule has 6 heteroatoms. The minimum Gasteiger partial charge on any atom is -0.347 e. The molecule has 0 aliphatic rings. The first kappa shape index (κ1) is 11.6. The van der Waals surface area contributed by atoms with Gasteiger partial charge in [-0.2, -0.15) is 4.98 Å². The molecule has 1 rings (SSSR count). The van der Waals surface area contributed by atoms with E-state index >= 15 is 0 Å². The van der Waals surface area contributed by atoms with E-state index < -0.39 is 5.54 Å². The van der Waals surface area contributed by atoms with Gasteiger partial charge in [0.05, 0.1) is 6.54 Å². The Hall–Kier alpha value is -1.43. The molecule has 0 aromatic carbocycles. The van der Waals surface area contributed by atoms with Crippen molar-refractivity contribution >= 4 is 5.91 Å². The Bertz CT molecular complexity index is 340. The fraction of sp³-hybridized carbons (Fsp3) is 0.667. The first-order valence-electron chi connectivity index (χ1n) is 4.71. The summed E-state index contributed by atoms with van der Waals surface area (Å²) in [5.74, 6) is 0.826. The van der Waals surface area contributed by atoms with E-state index in [2.05, 4.69) is 15.5 Å². The average Bonchev–Trinajstić information content (AvgIpc) is 2.45. The highest BCUT2D eigenvalue weighted by atomic mass is 16.5. The third-order valence-corrected chi connectivity index (χ3v) is 1.62. The van der Waals surface area contributed by atoms with E-state index in [1.54, 1.807) is 20.8 Å². The highest BCUT2D eigenvalue weighted by molar-refractivity contribution is 5.76. The molecule has 0 radical (unpaired) electrons. The minimum absolute atomic E-state index is 0.127. The van der Waals surface area contributed by atoms with Gasteiger partial charge in [0.1, 0.15) is 0 Å². The fourth-order valence-corrected chi connectivity index (χ4v) is 1.06. The zero-order chi connectivity index (χ0) is 11.5. The summed E-state index contributed by atoms with van der Waals surface area (Å²) in [6.45, 7) is 5.56. The number of carbonyl (C=O) groups excluding carboxylic acids is 1. The zero-order valence-electron chi connectivity index (χ0n) is 9.20. The summed E-state index contributed by atoms with van der Waals surface area (Å²) < 4.78 is 4.84. The molecule has 0 spiro atoms. The quantitative estimate of drug-likeness (QED) is 0.739. The van der Waals surface area contributed by atoms with Crippen LogP contribution in [0.1, 0.15) is 32.0 Å². The molecule has 0 saturated heterocycles. The number of nitrogens with zero attached hydrogens (tertiary/aromatic N) is 2. The largest absolute Gasteiger partial charge is 0.347 e. The van der Waals surface area contributed by atoms with Gasteiger partial charge in [-0.15, -0.1) is 0 Å². The molecule has 1 heterocycles. The molecular formula is C9H16N4O2. The Morgan fingerprint density at radius 3 is 2.73 bits per heavy atom. The lowest BCUT2D eigenvalue weighted by atomic mass is 10.0. The molecule has 1 amide bonds. The Kier molecular flexibility index (Phi) is 3.41. The van der Waals surface area contributed by atoms with Crippen molar-refractivity contribution in [2.24, 2.45) is 5.73 Å². The number of aromatic nitrogens is 2. The maximum absolute atomic E-state index is 11.4. The van der Waals surface area contributed by atoms with Gasteiger partial charge in [0.2, 0.25) is 11.8 Å². The highest BCUT2D eigenvalue weighted by Gasteiger charge is 2.16. The standard InChI is InChI=1S/C9H16N4O2/c1-6-12-8(15-13-6)5-11-7(14)4-9(2,3)10/h4-5,10H2,1-3H3,(H,11,14). The lowest BCUT2D eigenvalue weighted by molar-refractivity contribution is -0.122. The summed E-state index contributed by atoms with van der Waals surface area (Å²) in [6.07, 6.45) is 0.264. The molecule has 1 aromatic rings. The van der Waals surface area contributed by atoms with Crippen LogP contribution >= 0.6 is 0 Å².